The van der Waals surface area contributed by atoms with Crippen LogP contribution in [0.3, 0.4) is 0 Å². The third kappa shape index (κ3) is 2.98. The lowest BCUT2D eigenvalue weighted by atomic mass is 10.2. The molecule has 0 N–H and O–H groups in total. The number of benzene rings is 1. The smallest absolute Gasteiger partial charge is 0.289 e. The van der Waals surface area contributed by atoms with Gasteiger partial charge in [0.2, 0.25) is 0 Å². The summed E-state index contributed by atoms with van der Waals surface area (Å²) in [5.74, 6) is 1.65. The van der Waals surface area contributed by atoms with Crippen LogP contribution >= 0.6 is 11.6 Å². The maximum absolute atomic E-state index is 12.4. The molecule has 1 amide bonds. The summed E-state index contributed by atoms with van der Waals surface area (Å²) in [4.78, 5) is 14.2. The minimum absolute atomic E-state index is 0.0605. The van der Waals surface area contributed by atoms with Crippen molar-refractivity contribution in [3.8, 4) is 11.3 Å². The second kappa shape index (κ2) is 5.57. The van der Waals surface area contributed by atoms with Crippen molar-refractivity contribution < 1.29 is 9.21 Å². The van der Waals surface area contributed by atoms with Crippen LogP contribution in [0.1, 0.15) is 30.3 Å². The van der Waals surface area contributed by atoms with Crippen LogP contribution in [-0.2, 0) is 0 Å². The van der Waals surface area contributed by atoms with Gasteiger partial charge >= 0.3 is 0 Å². The molecular weight excluding hydrogens is 286 g/mol. The molecule has 1 atom stereocenters. The van der Waals surface area contributed by atoms with Gasteiger partial charge in [0.1, 0.15) is 5.76 Å². The Morgan fingerprint density at radius 3 is 2.52 bits per heavy atom. The molecule has 1 aromatic heterocycles. The number of hydrogen-bond acceptors (Lipinski definition) is 2. The van der Waals surface area contributed by atoms with Crippen molar-refractivity contribution >= 4 is 17.5 Å². The Labute approximate surface area is 129 Å². The third-order valence-corrected chi connectivity index (χ3v) is 4.43. The van der Waals surface area contributed by atoms with E-state index in [9.17, 15) is 4.79 Å². The Morgan fingerprint density at radius 2 is 1.90 bits per heavy atom. The molecular formula is C17H18ClNO2. The number of hydrogen-bond donors (Lipinski definition) is 0. The summed E-state index contributed by atoms with van der Waals surface area (Å²) in [5, 5.41) is 0.680. The largest absolute Gasteiger partial charge is 0.451 e. The third-order valence-electron chi connectivity index (χ3n) is 4.18. The number of amides is 1. The maximum Gasteiger partial charge on any atom is 0.289 e. The van der Waals surface area contributed by atoms with Gasteiger partial charge in [-0.25, -0.2) is 0 Å². The minimum Gasteiger partial charge on any atom is -0.451 e. The second-order valence-corrected chi connectivity index (χ2v) is 6.10. The predicted molar refractivity (Wildman–Crippen MR) is 83.4 cm³/mol. The van der Waals surface area contributed by atoms with Gasteiger partial charge in [0.05, 0.1) is 0 Å². The highest BCUT2D eigenvalue weighted by atomic mass is 35.5. The van der Waals surface area contributed by atoms with Crippen LogP contribution < -0.4 is 0 Å². The Morgan fingerprint density at radius 1 is 1.24 bits per heavy atom. The summed E-state index contributed by atoms with van der Waals surface area (Å²) in [6, 6.07) is 11.2. The predicted octanol–water partition coefficient (Wildman–Crippen LogP) is 4.47. The molecule has 4 heteroatoms. The van der Waals surface area contributed by atoms with E-state index in [-0.39, 0.29) is 11.9 Å². The molecule has 1 fully saturated rings. The fourth-order valence-corrected chi connectivity index (χ4v) is 2.60. The first-order valence-corrected chi connectivity index (χ1v) is 7.57. The molecule has 0 spiro atoms. The monoisotopic (exact) mass is 303 g/mol. The highest BCUT2D eigenvalue weighted by molar-refractivity contribution is 6.30. The van der Waals surface area contributed by atoms with Gasteiger partial charge in [-0.05, 0) is 62.1 Å². The second-order valence-electron chi connectivity index (χ2n) is 5.66. The van der Waals surface area contributed by atoms with E-state index in [0.717, 1.165) is 5.56 Å². The highest BCUT2D eigenvalue weighted by Gasteiger charge is 2.33. The zero-order valence-corrected chi connectivity index (χ0v) is 12.9. The zero-order valence-electron chi connectivity index (χ0n) is 12.2. The van der Waals surface area contributed by atoms with Crippen LogP contribution in [0.15, 0.2) is 40.8 Å². The Bertz CT molecular complexity index is 643. The van der Waals surface area contributed by atoms with E-state index in [4.69, 9.17) is 16.0 Å². The number of carbonyl (C=O) groups is 1. The molecule has 0 unspecified atom stereocenters. The average Bonchev–Trinajstić information content (AvgIpc) is 3.23. The van der Waals surface area contributed by atoms with Gasteiger partial charge in [0.25, 0.3) is 5.91 Å². The Kier molecular flexibility index (Phi) is 3.77. The van der Waals surface area contributed by atoms with E-state index in [2.05, 4.69) is 6.92 Å². The summed E-state index contributed by atoms with van der Waals surface area (Å²) in [5.41, 5.74) is 0.913. The van der Waals surface area contributed by atoms with Crippen molar-refractivity contribution in [2.75, 3.05) is 7.05 Å². The fraction of sp³-hybridized carbons (Fsp3) is 0.353. The van der Waals surface area contributed by atoms with Crippen molar-refractivity contribution in [2.24, 2.45) is 5.92 Å². The van der Waals surface area contributed by atoms with E-state index in [1.54, 1.807) is 11.0 Å². The van der Waals surface area contributed by atoms with Crippen molar-refractivity contribution in [2.45, 2.75) is 25.8 Å². The van der Waals surface area contributed by atoms with E-state index in [0.29, 0.717) is 22.5 Å². The Hall–Kier alpha value is -1.74. The number of furan rings is 1. The van der Waals surface area contributed by atoms with Gasteiger partial charge in [0, 0.05) is 23.7 Å². The Balaban J connectivity index is 1.77. The van der Waals surface area contributed by atoms with Gasteiger partial charge < -0.3 is 9.32 Å². The van der Waals surface area contributed by atoms with Crippen LogP contribution in [-0.4, -0.2) is 23.9 Å². The van der Waals surface area contributed by atoms with Gasteiger partial charge in [-0.1, -0.05) is 11.6 Å². The van der Waals surface area contributed by atoms with Crippen LogP contribution in [0.5, 0.6) is 0 Å². The van der Waals surface area contributed by atoms with Crippen molar-refractivity contribution in [1.29, 1.82) is 0 Å². The molecule has 21 heavy (non-hydrogen) atoms. The first kappa shape index (κ1) is 14.2. The summed E-state index contributed by atoms with van der Waals surface area (Å²) in [6.07, 6.45) is 2.43. The quantitative estimate of drug-likeness (QED) is 0.835. The SMILES string of the molecule is C[C@@H](C1CC1)N(C)C(=O)c1ccc(-c2ccc(Cl)cc2)o1. The summed E-state index contributed by atoms with van der Waals surface area (Å²) >= 11 is 5.88. The van der Waals surface area contributed by atoms with Crippen molar-refractivity contribution in [1.82, 2.24) is 4.90 Å². The molecule has 3 rings (SSSR count). The molecule has 3 nitrogen and oxygen atoms in total. The molecule has 1 aliphatic rings. The van der Waals surface area contributed by atoms with Gasteiger partial charge in [0.15, 0.2) is 5.76 Å². The first-order valence-electron chi connectivity index (χ1n) is 7.19. The average molecular weight is 304 g/mol. The van der Waals surface area contributed by atoms with E-state index in [1.807, 2.05) is 37.4 Å². The zero-order chi connectivity index (χ0) is 15.0. The molecule has 110 valence electrons. The minimum atomic E-state index is -0.0605. The first-order chi connectivity index (χ1) is 10.1. The lowest BCUT2D eigenvalue weighted by Gasteiger charge is -2.23. The topological polar surface area (TPSA) is 33.5 Å². The van der Waals surface area contributed by atoms with Crippen LogP contribution in [0.2, 0.25) is 5.02 Å². The number of nitrogens with zero attached hydrogens (tertiary/aromatic N) is 1. The van der Waals surface area contributed by atoms with Gasteiger partial charge in [-0.15, -0.1) is 0 Å². The van der Waals surface area contributed by atoms with Crippen LogP contribution in [0.4, 0.5) is 0 Å². The van der Waals surface area contributed by atoms with Crippen LogP contribution in [0.25, 0.3) is 11.3 Å². The molecule has 0 saturated heterocycles. The highest BCUT2D eigenvalue weighted by Crippen LogP contribution is 2.35. The molecule has 1 aliphatic carbocycles. The molecule has 1 saturated carbocycles. The normalized spacial score (nSPS) is 15.8. The van der Waals surface area contributed by atoms with E-state index >= 15 is 0 Å². The fourth-order valence-electron chi connectivity index (χ4n) is 2.48. The summed E-state index contributed by atoms with van der Waals surface area (Å²) in [7, 11) is 1.84. The molecule has 0 aliphatic heterocycles. The van der Waals surface area contributed by atoms with E-state index < -0.39 is 0 Å². The lowest BCUT2D eigenvalue weighted by Crippen LogP contribution is -2.36. The van der Waals surface area contributed by atoms with Gasteiger partial charge in [-0.2, -0.15) is 0 Å². The maximum atomic E-state index is 12.4. The van der Waals surface area contributed by atoms with E-state index in [1.165, 1.54) is 12.8 Å². The van der Waals surface area contributed by atoms with Crippen molar-refractivity contribution in [3.63, 3.8) is 0 Å². The molecule has 1 heterocycles. The van der Waals surface area contributed by atoms with Crippen LogP contribution in [0, 0.1) is 5.92 Å². The molecule has 1 aromatic carbocycles. The molecule has 2 aromatic rings. The number of carbonyl (C=O) groups excluding carboxylic acids is 1. The molecule has 0 radical (unpaired) electrons. The van der Waals surface area contributed by atoms with Gasteiger partial charge in [-0.3, -0.25) is 4.79 Å². The lowest BCUT2D eigenvalue weighted by molar-refractivity contribution is 0.0696. The van der Waals surface area contributed by atoms with Crippen molar-refractivity contribution in [3.05, 3.63) is 47.2 Å². The summed E-state index contributed by atoms with van der Waals surface area (Å²) < 4.78 is 5.71. The number of halogens is 1. The summed E-state index contributed by atoms with van der Waals surface area (Å²) in [6.45, 7) is 2.10. The standard InChI is InChI=1S/C17H18ClNO2/c1-11(12-3-4-12)19(2)17(20)16-10-9-15(21-16)13-5-7-14(18)8-6-13/h5-12H,3-4H2,1-2H3/t11-/m0/s1. The number of rotatable bonds is 4. The molecule has 0 bridgehead atoms.